The van der Waals surface area contributed by atoms with Gasteiger partial charge < -0.3 is 14.6 Å². The van der Waals surface area contributed by atoms with Crippen LogP contribution in [0.25, 0.3) is 0 Å². The third-order valence-corrected chi connectivity index (χ3v) is 5.39. The van der Waals surface area contributed by atoms with Crippen LogP contribution in [-0.4, -0.2) is 18.7 Å². The number of benzene rings is 2. The van der Waals surface area contributed by atoms with E-state index in [9.17, 15) is 14.4 Å². The van der Waals surface area contributed by atoms with Gasteiger partial charge in [-0.25, -0.2) is 14.2 Å². The molecular weight excluding hydrogens is 458 g/mol. The summed E-state index contributed by atoms with van der Waals surface area (Å²) in [6, 6.07) is 17.0. The van der Waals surface area contributed by atoms with Crippen LogP contribution in [-0.2, 0) is 20.1 Å². The molecule has 0 atom stereocenters. The molecule has 2 aromatic carbocycles. The van der Waals surface area contributed by atoms with Crippen LogP contribution in [0.15, 0.2) is 81.2 Å². The molecule has 0 saturated heterocycles. The van der Waals surface area contributed by atoms with Crippen molar-refractivity contribution < 1.29 is 4.74 Å². The molecule has 2 heterocycles. The summed E-state index contributed by atoms with van der Waals surface area (Å²) >= 11 is 5.97. The first kappa shape index (κ1) is 23.1. The number of anilines is 2. The average molecular weight is 480 g/mol. The minimum absolute atomic E-state index is 0.120. The van der Waals surface area contributed by atoms with E-state index in [4.69, 9.17) is 16.3 Å². The van der Waals surface area contributed by atoms with Crippen molar-refractivity contribution in [1.29, 1.82) is 0 Å². The van der Waals surface area contributed by atoms with E-state index in [-0.39, 0.29) is 24.6 Å². The molecule has 34 heavy (non-hydrogen) atoms. The second kappa shape index (κ2) is 9.80. The van der Waals surface area contributed by atoms with Crippen LogP contribution in [0.3, 0.4) is 0 Å². The Kier molecular flexibility index (Phi) is 6.65. The molecule has 0 unspecified atom stereocenters. The number of pyridine rings is 1. The zero-order valence-electron chi connectivity index (χ0n) is 18.6. The Labute approximate surface area is 199 Å². The van der Waals surface area contributed by atoms with Crippen molar-refractivity contribution in [2.24, 2.45) is 7.05 Å². The van der Waals surface area contributed by atoms with Crippen molar-refractivity contribution in [2.75, 3.05) is 5.32 Å². The predicted molar refractivity (Wildman–Crippen MR) is 130 cm³/mol. The van der Waals surface area contributed by atoms with Gasteiger partial charge in [-0.2, -0.15) is 4.98 Å². The van der Waals surface area contributed by atoms with Gasteiger partial charge in [-0.3, -0.25) is 9.36 Å². The van der Waals surface area contributed by atoms with Gasteiger partial charge in [-0.1, -0.05) is 23.7 Å². The van der Waals surface area contributed by atoms with Crippen LogP contribution >= 0.6 is 11.6 Å². The van der Waals surface area contributed by atoms with E-state index in [0.29, 0.717) is 22.2 Å². The van der Waals surface area contributed by atoms with Gasteiger partial charge in [0.05, 0.1) is 6.54 Å². The first-order valence-corrected chi connectivity index (χ1v) is 10.9. The van der Waals surface area contributed by atoms with Gasteiger partial charge in [0.25, 0.3) is 5.56 Å². The summed E-state index contributed by atoms with van der Waals surface area (Å²) in [7, 11) is 1.66. The smallest absolute Gasteiger partial charge is 0.354 e. The van der Waals surface area contributed by atoms with Crippen molar-refractivity contribution in [2.45, 2.75) is 20.0 Å². The number of aromatic nitrogens is 4. The molecule has 0 aliphatic heterocycles. The summed E-state index contributed by atoms with van der Waals surface area (Å²) in [4.78, 5) is 41.2. The Bertz CT molecular complexity index is 1490. The topological polar surface area (TPSA) is 100 Å². The number of nitrogens with one attached hydrogen (secondary N) is 1. The summed E-state index contributed by atoms with van der Waals surface area (Å²) in [5.74, 6) is 1.06. The molecule has 0 bridgehead atoms. The fraction of sp³-hybridized carbons (Fsp3) is 0.167. The Balaban J connectivity index is 1.61. The van der Waals surface area contributed by atoms with E-state index in [0.717, 1.165) is 10.1 Å². The third-order valence-electron chi connectivity index (χ3n) is 5.14. The second-order valence-corrected chi connectivity index (χ2v) is 7.96. The summed E-state index contributed by atoms with van der Waals surface area (Å²) < 4.78 is 9.64. The lowest BCUT2D eigenvalue weighted by atomic mass is 10.2. The maximum Gasteiger partial charge on any atom is 0.354 e. The highest BCUT2D eigenvalue weighted by molar-refractivity contribution is 6.30. The highest BCUT2D eigenvalue weighted by atomic mass is 35.5. The standard InChI is InChI=1S/C24H22ClN5O4/c1-3-29-23(32)27-22(30(24(29)33)15-16-4-6-17(25)7-5-16)26-18-8-10-19(11-9-18)34-20-12-13-28(2)21(31)14-20/h4-14H,3,15H2,1-2H3,(H,26,27,32). The van der Waals surface area contributed by atoms with E-state index < -0.39 is 11.4 Å². The molecule has 4 aromatic rings. The minimum Gasteiger partial charge on any atom is -0.457 e. The lowest BCUT2D eigenvalue weighted by Crippen LogP contribution is -2.42. The van der Waals surface area contributed by atoms with Gasteiger partial charge in [0, 0.05) is 36.6 Å². The number of halogens is 1. The maximum atomic E-state index is 13.0. The number of hydrogen-bond donors (Lipinski definition) is 1. The lowest BCUT2D eigenvalue weighted by molar-refractivity contribution is 0.479. The molecular formula is C24H22ClN5O4. The van der Waals surface area contributed by atoms with Gasteiger partial charge in [-0.15, -0.1) is 0 Å². The van der Waals surface area contributed by atoms with Crippen molar-refractivity contribution >= 4 is 23.2 Å². The lowest BCUT2D eigenvalue weighted by Gasteiger charge is -2.15. The SMILES string of the molecule is CCn1c(=O)nc(Nc2ccc(Oc3ccn(C)c(=O)c3)cc2)n(Cc2ccc(Cl)cc2)c1=O. The van der Waals surface area contributed by atoms with Crippen LogP contribution in [0.2, 0.25) is 5.02 Å². The number of ether oxygens (including phenoxy) is 1. The molecule has 0 aliphatic carbocycles. The molecule has 0 spiro atoms. The Morgan fingerprint density at radius 3 is 2.29 bits per heavy atom. The first-order valence-electron chi connectivity index (χ1n) is 10.5. The zero-order valence-corrected chi connectivity index (χ0v) is 19.3. The molecule has 0 amide bonds. The second-order valence-electron chi connectivity index (χ2n) is 7.52. The van der Waals surface area contributed by atoms with E-state index >= 15 is 0 Å². The molecule has 0 fully saturated rings. The highest BCUT2D eigenvalue weighted by Crippen LogP contribution is 2.23. The molecule has 1 N–H and O–H groups in total. The number of rotatable bonds is 7. The Hall–Kier alpha value is -4.11. The molecule has 0 aliphatic rings. The quantitative estimate of drug-likeness (QED) is 0.436. The van der Waals surface area contributed by atoms with E-state index in [1.165, 1.54) is 15.2 Å². The zero-order chi connectivity index (χ0) is 24.2. The van der Waals surface area contributed by atoms with Crippen molar-refractivity contribution in [3.05, 3.63) is 109 Å². The number of aryl methyl sites for hydroxylation is 1. The third kappa shape index (κ3) is 5.10. The molecule has 4 rings (SSSR count). The fourth-order valence-corrected chi connectivity index (χ4v) is 3.40. The molecule has 0 radical (unpaired) electrons. The van der Waals surface area contributed by atoms with E-state index in [2.05, 4.69) is 10.3 Å². The van der Waals surface area contributed by atoms with Crippen molar-refractivity contribution in [1.82, 2.24) is 18.7 Å². The number of nitrogens with zero attached hydrogens (tertiary/aromatic N) is 4. The van der Waals surface area contributed by atoms with Gasteiger partial charge in [0.2, 0.25) is 5.95 Å². The Morgan fingerprint density at radius 1 is 0.941 bits per heavy atom. The first-order chi connectivity index (χ1) is 16.3. The maximum absolute atomic E-state index is 13.0. The van der Waals surface area contributed by atoms with Crippen LogP contribution < -0.4 is 27.0 Å². The normalized spacial score (nSPS) is 10.8. The van der Waals surface area contributed by atoms with Gasteiger partial charge in [0.1, 0.15) is 11.5 Å². The van der Waals surface area contributed by atoms with Crippen molar-refractivity contribution in [3.63, 3.8) is 0 Å². The monoisotopic (exact) mass is 479 g/mol. The van der Waals surface area contributed by atoms with E-state index in [1.54, 1.807) is 62.6 Å². The molecule has 174 valence electrons. The van der Waals surface area contributed by atoms with Gasteiger partial charge >= 0.3 is 11.4 Å². The molecule has 2 aromatic heterocycles. The highest BCUT2D eigenvalue weighted by Gasteiger charge is 2.13. The van der Waals surface area contributed by atoms with Gasteiger partial charge in [-0.05, 0) is 55.0 Å². The van der Waals surface area contributed by atoms with Crippen LogP contribution in [0.1, 0.15) is 12.5 Å². The summed E-state index contributed by atoms with van der Waals surface area (Å²) in [5, 5.41) is 3.64. The predicted octanol–water partition coefficient (Wildman–Crippen LogP) is 3.36. The largest absolute Gasteiger partial charge is 0.457 e. The molecule has 9 nitrogen and oxygen atoms in total. The fourth-order valence-electron chi connectivity index (χ4n) is 3.28. The van der Waals surface area contributed by atoms with Crippen LogP contribution in [0.4, 0.5) is 11.6 Å². The van der Waals surface area contributed by atoms with Crippen LogP contribution in [0.5, 0.6) is 11.5 Å². The average Bonchev–Trinajstić information content (AvgIpc) is 2.81. The Morgan fingerprint density at radius 2 is 1.65 bits per heavy atom. The van der Waals surface area contributed by atoms with Crippen LogP contribution in [0, 0.1) is 0 Å². The van der Waals surface area contributed by atoms with E-state index in [1.807, 2.05) is 12.1 Å². The van der Waals surface area contributed by atoms with Gasteiger partial charge in [0.15, 0.2) is 0 Å². The molecule has 0 saturated carbocycles. The molecule has 10 heteroatoms. The summed E-state index contributed by atoms with van der Waals surface area (Å²) in [6.07, 6.45) is 1.62. The summed E-state index contributed by atoms with van der Waals surface area (Å²) in [6.45, 7) is 2.13. The summed E-state index contributed by atoms with van der Waals surface area (Å²) in [5.41, 5.74) is 0.151. The van der Waals surface area contributed by atoms with Crippen molar-refractivity contribution in [3.8, 4) is 11.5 Å². The number of hydrogen-bond acceptors (Lipinski definition) is 6. The minimum atomic E-state index is -0.632.